The van der Waals surface area contributed by atoms with Crippen molar-refractivity contribution in [2.75, 3.05) is 12.4 Å². The number of nitrogens with zero attached hydrogens (tertiary/aromatic N) is 2. The zero-order valence-electron chi connectivity index (χ0n) is 18.0. The van der Waals surface area contributed by atoms with Crippen molar-refractivity contribution in [1.29, 1.82) is 0 Å². The second-order valence-electron chi connectivity index (χ2n) is 7.77. The highest BCUT2D eigenvalue weighted by Gasteiger charge is 2.66. The minimum Gasteiger partial charge on any atom is -0.493 e. The van der Waals surface area contributed by atoms with E-state index in [2.05, 4.69) is 15.3 Å². The van der Waals surface area contributed by atoms with Crippen LogP contribution in [0.1, 0.15) is 42.6 Å². The molecule has 1 aliphatic rings. The zero-order valence-corrected chi connectivity index (χ0v) is 18.0. The number of hydrogen-bond acceptors (Lipinski definition) is 6. The molecule has 2 heterocycles. The lowest BCUT2D eigenvalue weighted by molar-refractivity contribution is -0.272. The fourth-order valence-electron chi connectivity index (χ4n) is 3.91. The topological polar surface area (TPSA) is 90.4 Å². The Bertz CT molecular complexity index is 1090. The van der Waals surface area contributed by atoms with Gasteiger partial charge in [0.1, 0.15) is 18.2 Å². The number of Topliss-reactive ketones (excluding diaryl/α,β-unsaturated/α-hetero) is 1. The van der Waals surface area contributed by atoms with E-state index in [4.69, 9.17) is 9.47 Å². The summed E-state index contributed by atoms with van der Waals surface area (Å²) in [5.74, 6) is -7.89. The summed E-state index contributed by atoms with van der Waals surface area (Å²) in [5.41, 5.74) is -3.05. The first-order valence-electron chi connectivity index (χ1n) is 9.71. The Hall–Kier alpha value is -3.15. The normalized spacial score (nSPS) is 25.1. The second-order valence-corrected chi connectivity index (χ2v) is 7.77. The molecule has 1 aromatic heterocycles. The Morgan fingerprint density at radius 2 is 1.91 bits per heavy atom. The number of amides is 1. The van der Waals surface area contributed by atoms with Gasteiger partial charge in [0.25, 0.3) is 5.91 Å². The first-order valence-corrected chi connectivity index (χ1v) is 9.71. The predicted octanol–water partition coefficient (Wildman–Crippen LogP) is 4.04. The molecule has 1 saturated heterocycles. The molecule has 1 fully saturated rings. The number of aromatic nitrogens is 2. The summed E-state index contributed by atoms with van der Waals surface area (Å²) in [5, 5.41) is 2.29. The third kappa shape index (κ3) is 4.14. The smallest absolute Gasteiger partial charge is 0.417 e. The highest BCUT2D eigenvalue weighted by molar-refractivity contribution is 6.03. The SMILES string of the molecule is COc1c([C@H]2[C@H](C(=O)Nc3ncncc3C(C)=O)O[C@@](C)(C(F)(F)F)[C@H]2C)ccc(F)c1F. The maximum atomic E-state index is 14.4. The van der Waals surface area contributed by atoms with Gasteiger partial charge in [0.05, 0.1) is 12.7 Å². The molecule has 0 bridgehead atoms. The number of rotatable bonds is 5. The van der Waals surface area contributed by atoms with Crippen molar-refractivity contribution in [2.45, 2.75) is 44.6 Å². The van der Waals surface area contributed by atoms with Gasteiger partial charge in [-0.25, -0.2) is 14.4 Å². The van der Waals surface area contributed by atoms with Crippen LogP contribution in [0.4, 0.5) is 27.8 Å². The highest BCUT2D eigenvalue weighted by atomic mass is 19.4. The Morgan fingerprint density at radius 3 is 2.48 bits per heavy atom. The van der Waals surface area contributed by atoms with Gasteiger partial charge in [0.2, 0.25) is 5.82 Å². The maximum absolute atomic E-state index is 14.4. The van der Waals surface area contributed by atoms with Crippen LogP contribution < -0.4 is 10.1 Å². The average Bonchev–Trinajstić information content (AvgIpc) is 3.02. The minimum absolute atomic E-state index is 0.0718. The summed E-state index contributed by atoms with van der Waals surface area (Å²) in [4.78, 5) is 32.4. The van der Waals surface area contributed by atoms with E-state index < -0.39 is 58.8 Å². The number of benzene rings is 1. The van der Waals surface area contributed by atoms with Crippen LogP contribution in [0.25, 0.3) is 0 Å². The summed E-state index contributed by atoms with van der Waals surface area (Å²) in [6.45, 7) is 3.16. The lowest BCUT2D eigenvalue weighted by Gasteiger charge is -2.32. The monoisotopic (exact) mass is 473 g/mol. The van der Waals surface area contributed by atoms with Gasteiger partial charge in [0.15, 0.2) is 23.0 Å². The number of nitrogens with one attached hydrogen (secondary N) is 1. The van der Waals surface area contributed by atoms with Gasteiger partial charge in [-0.3, -0.25) is 9.59 Å². The molecule has 0 unspecified atom stereocenters. The second kappa shape index (κ2) is 8.65. The first kappa shape index (κ1) is 24.5. The van der Waals surface area contributed by atoms with Gasteiger partial charge in [0, 0.05) is 23.6 Å². The van der Waals surface area contributed by atoms with E-state index in [0.717, 1.165) is 38.7 Å². The molecular formula is C21H20F5N3O4. The van der Waals surface area contributed by atoms with Crippen LogP contribution in [0.5, 0.6) is 5.75 Å². The largest absolute Gasteiger partial charge is 0.493 e. The van der Waals surface area contributed by atoms with Crippen LogP contribution in [-0.2, 0) is 9.53 Å². The first-order chi connectivity index (χ1) is 15.3. The van der Waals surface area contributed by atoms with E-state index >= 15 is 0 Å². The zero-order chi connectivity index (χ0) is 24.7. The lowest BCUT2D eigenvalue weighted by Crippen LogP contribution is -2.47. The maximum Gasteiger partial charge on any atom is 0.417 e. The highest BCUT2D eigenvalue weighted by Crippen LogP contribution is 2.55. The van der Waals surface area contributed by atoms with E-state index in [-0.39, 0.29) is 16.9 Å². The van der Waals surface area contributed by atoms with Crippen LogP contribution in [0.2, 0.25) is 0 Å². The molecule has 0 saturated carbocycles. The van der Waals surface area contributed by atoms with Crippen molar-refractivity contribution < 1.29 is 41.0 Å². The Morgan fingerprint density at radius 1 is 1.24 bits per heavy atom. The molecule has 3 rings (SSSR count). The van der Waals surface area contributed by atoms with Crippen molar-refractivity contribution >= 4 is 17.5 Å². The molecule has 12 heteroatoms. The van der Waals surface area contributed by atoms with Crippen molar-refractivity contribution in [1.82, 2.24) is 9.97 Å². The van der Waals surface area contributed by atoms with E-state index in [1.54, 1.807) is 0 Å². The van der Waals surface area contributed by atoms with Crippen LogP contribution in [-0.4, -0.2) is 46.6 Å². The number of ether oxygens (including phenoxy) is 2. The Balaban J connectivity index is 2.11. The quantitative estimate of drug-likeness (QED) is 0.521. The Labute approximate surface area is 185 Å². The van der Waals surface area contributed by atoms with Crippen LogP contribution in [0.15, 0.2) is 24.7 Å². The van der Waals surface area contributed by atoms with Crippen molar-refractivity contribution in [3.05, 3.63) is 47.4 Å². The molecule has 0 spiro atoms. The Kier molecular flexibility index (Phi) is 6.42. The molecule has 0 radical (unpaired) electrons. The summed E-state index contributed by atoms with van der Waals surface area (Å²) in [6.07, 6.45) is -4.53. The molecule has 1 aromatic carbocycles. The van der Waals surface area contributed by atoms with E-state index in [9.17, 15) is 31.5 Å². The lowest BCUT2D eigenvalue weighted by atomic mass is 9.77. The summed E-state index contributed by atoms with van der Waals surface area (Å²) < 4.78 is 80.2. The van der Waals surface area contributed by atoms with E-state index in [0.29, 0.717) is 0 Å². The number of methoxy groups -OCH3 is 1. The fraction of sp³-hybridized carbons (Fsp3) is 0.429. The molecule has 33 heavy (non-hydrogen) atoms. The minimum atomic E-state index is -4.90. The molecular weight excluding hydrogens is 453 g/mol. The molecule has 178 valence electrons. The van der Waals surface area contributed by atoms with Gasteiger partial charge < -0.3 is 14.8 Å². The fourth-order valence-corrected chi connectivity index (χ4v) is 3.91. The summed E-state index contributed by atoms with van der Waals surface area (Å²) in [7, 11) is 1.03. The third-order valence-electron chi connectivity index (χ3n) is 5.90. The molecule has 4 atom stereocenters. The number of carbonyl (C=O) groups is 2. The van der Waals surface area contributed by atoms with Gasteiger partial charge >= 0.3 is 6.18 Å². The van der Waals surface area contributed by atoms with Crippen molar-refractivity contribution in [2.24, 2.45) is 5.92 Å². The third-order valence-corrected chi connectivity index (χ3v) is 5.90. The van der Waals surface area contributed by atoms with Gasteiger partial charge in [-0.1, -0.05) is 13.0 Å². The molecule has 0 aliphatic carbocycles. The standard InChI is InChI=1S/C21H20F5N3O4/c1-9-14(11-5-6-13(22)15(23)16(11)32-4)17(33-20(9,3)21(24,25)26)19(31)29-18-12(10(2)30)7-27-8-28-18/h5-9,14,17H,1-4H3,(H,27,28,29,31)/t9-,14-,17+,20+/m0/s1. The number of carbonyl (C=O) groups excluding carboxylic acids is 2. The number of halogens is 5. The van der Waals surface area contributed by atoms with Crippen LogP contribution in [0.3, 0.4) is 0 Å². The van der Waals surface area contributed by atoms with Crippen molar-refractivity contribution in [3.8, 4) is 5.75 Å². The molecule has 1 amide bonds. The van der Waals surface area contributed by atoms with Crippen LogP contribution in [0, 0.1) is 17.6 Å². The average molecular weight is 473 g/mol. The van der Waals surface area contributed by atoms with Gasteiger partial charge in [-0.2, -0.15) is 17.6 Å². The van der Waals surface area contributed by atoms with Gasteiger partial charge in [-0.05, 0) is 19.9 Å². The molecule has 1 N–H and O–H groups in total. The van der Waals surface area contributed by atoms with Crippen molar-refractivity contribution in [3.63, 3.8) is 0 Å². The van der Waals surface area contributed by atoms with Gasteiger partial charge in [-0.15, -0.1) is 0 Å². The van der Waals surface area contributed by atoms with Crippen LogP contribution >= 0.6 is 0 Å². The molecule has 1 aliphatic heterocycles. The number of anilines is 1. The number of hydrogen-bond donors (Lipinski definition) is 1. The molecule has 2 aromatic rings. The van der Waals surface area contributed by atoms with E-state index in [1.807, 2.05) is 0 Å². The predicted molar refractivity (Wildman–Crippen MR) is 105 cm³/mol. The summed E-state index contributed by atoms with van der Waals surface area (Å²) >= 11 is 0. The van der Waals surface area contributed by atoms with E-state index in [1.165, 1.54) is 13.8 Å². The molecule has 7 nitrogen and oxygen atoms in total. The number of alkyl halides is 3. The summed E-state index contributed by atoms with van der Waals surface area (Å²) in [6, 6.07) is 1.78. The number of ketones is 1.